The minimum absolute atomic E-state index is 0.0764. The molecule has 1 aromatic rings. The Bertz CT molecular complexity index is 421. The van der Waals surface area contributed by atoms with Gasteiger partial charge in [0.05, 0.1) is 11.1 Å². The van der Waals surface area contributed by atoms with Gasteiger partial charge >= 0.3 is 0 Å². The van der Waals surface area contributed by atoms with E-state index in [-0.39, 0.29) is 10.6 Å². The van der Waals surface area contributed by atoms with Crippen LogP contribution in [0.25, 0.3) is 0 Å². The number of benzene rings is 1. The van der Waals surface area contributed by atoms with Crippen LogP contribution >= 0.6 is 27.5 Å². The number of nitrogens with two attached hydrogens (primary N) is 1. The smallest absolute Gasteiger partial charge is 0.147 e. The maximum atomic E-state index is 14.0. The second kappa shape index (κ2) is 5.22. The van der Waals surface area contributed by atoms with Gasteiger partial charge < -0.3 is 10.6 Å². The van der Waals surface area contributed by atoms with E-state index in [1.807, 2.05) is 32.8 Å². The molecule has 0 fully saturated rings. The number of hydrogen-bond acceptors (Lipinski definition) is 2. The van der Waals surface area contributed by atoms with Gasteiger partial charge in [0.15, 0.2) is 0 Å². The average Bonchev–Trinajstić information content (AvgIpc) is 2.25. The second-order valence-electron chi connectivity index (χ2n) is 4.79. The summed E-state index contributed by atoms with van der Waals surface area (Å²) >= 11 is 9.05. The van der Waals surface area contributed by atoms with Crippen molar-refractivity contribution in [3.8, 4) is 0 Å². The SMILES string of the molecule is CN(C)C(C)(C)C(N)c1ccc(Br)c(Cl)c1F. The molecule has 1 unspecified atom stereocenters. The third-order valence-electron chi connectivity index (χ3n) is 3.31. The zero-order valence-corrected chi connectivity index (χ0v) is 12.7. The summed E-state index contributed by atoms with van der Waals surface area (Å²) in [5.74, 6) is -0.455. The van der Waals surface area contributed by atoms with Gasteiger partial charge in [0, 0.05) is 15.6 Å². The van der Waals surface area contributed by atoms with Gasteiger partial charge in [0.2, 0.25) is 0 Å². The van der Waals surface area contributed by atoms with E-state index in [1.165, 1.54) is 0 Å². The highest BCUT2D eigenvalue weighted by Gasteiger charge is 2.32. The summed E-state index contributed by atoms with van der Waals surface area (Å²) in [5, 5.41) is 0.0764. The Morgan fingerprint density at radius 3 is 2.41 bits per heavy atom. The van der Waals surface area contributed by atoms with Crippen LogP contribution in [0.2, 0.25) is 5.02 Å². The lowest BCUT2D eigenvalue weighted by atomic mass is 9.88. The highest BCUT2D eigenvalue weighted by molar-refractivity contribution is 9.10. The molecule has 0 bridgehead atoms. The first-order chi connectivity index (χ1) is 7.69. The minimum atomic E-state index is -0.455. The molecule has 2 nitrogen and oxygen atoms in total. The highest BCUT2D eigenvalue weighted by Crippen LogP contribution is 2.34. The summed E-state index contributed by atoms with van der Waals surface area (Å²) in [6.45, 7) is 3.93. The molecule has 1 atom stereocenters. The van der Waals surface area contributed by atoms with Crippen LogP contribution in [0.5, 0.6) is 0 Å². The molecule has 0 amide bonds. The van der Waals surface area contributed by atoms with Crippen molar-refractivity contribution in [1.82, 2.24) is 4.90 Å². The second-order valence-corrected chi connectivity index (χ2v) is 6.02. The molecular formula is C12H17BrClFN2. The first kappa shape index (κ1) is 14.9. The summed E-state index contributed by atoms with van der Waals surface area (Å²) in [4.78, 5) is 1.97. The molecule has 0 radical (unpaired) electrons. The van der Waals surface area contributed by atoms with Crippen molar-refractivity contribution in [2.75, 3.05) is 14.1 Å². The Morgan fingerprint density at radius 1 is 1.41 bits per heavy atom. The normalized spacial score (nSPS) is 14.2. The molecule has 0 aromatic heterocycles. The van der Waals surface area contributed by atoms with Crippen LogP contribution in [0, 0.1) is 5.82 Å². The van der Waals surface area contributed by atoms with E-state index in [4.69, 9.17) is 17.3 Å². The van der Waals surface area contributed by atoms with Crippen molar-refractivity contribution in [1.29, 1.82) is 0 Å². The lowest BCUT2D eigenvalue weighted by molar-refractivity contribution is 0.157. The molecule has 17 heavy (non-hydrogen) atoms. The Balaban J connectivity index is 3.22. The van der Waals surface area contributed by atoms with Crippen molar-refractivity contribution in [3.63, 3.8) is 0 Å². The fourth-order valence-corrected chi connectivity index (χ4v) is 1.92. The van der Waals surface area contributed by atoms with E-state index in [9.17, 15) is 4.39 Å². The third-order valence-corrected chi connectivity index (χ3v) is 4.57. The third kappa shape index (κ3) is 2.81. The minimum Gasteiger partial charge on any atom is -0.322 e. The van der Waals surface area contributed by atoms with Gasteiger partial charge in [-0.05, 0) is 49.9 Å². The van der Waals surface area contributed by atoms with Gasteiger partial charge in [0.1, 0.15) is 5.82 Å². The van der Waals surface area contributed by atoms with Crippen LogP contribution in [0.3, 0.4) is 0 Å². The standard InChI is InChI=1S/C12H17BrClFN2/c1-12(2,17(3)4)11(16)7-5-6-8(13)9(14)10(7)15/h5-6,11H,16H2,1-4H3. The molecule has 96 valence electrons. The van der Waals surface area contributed by atoms with Crippen LogP contribution in [0.15, 0.2) is 16.6 Å². The summed E-state index contributed by atoms with van der Waals surface area (Å²) in [6, 6.07) is 2.93. The molecule has 0 aliphatic carbocycles. The average molecular weight is 324 g/mol. The lowest BCUT2D eigenvalue weighted by Gasteiger charge is -2.38. The van der Waals surface area contributed by atoms with Crippen LogP contribution in [-0.4, -0.2) is 24.5 Å². The molecule has 0 saturated carbocycles. The molecule has 2 N–H and O–H groups in total. The maximum absolute atomic E-state index is 14.0. The van der Waals surface area contributed by atoms with E-state index in [1.54, 1.807) is 12.1 Å². The van der Waals surface area contributed by atoms with Crippen LogP contribution in [0.4, 0.5) is 4.39 Å². The van der Waals surface area contributed by atoms with E-state index in [0.29, 0.717) is 10.0 Å². The van der Waals surface area contributed by atoms with Gasteiger partial charge in [-0.3, -0.25) is 0 Å². The van der Waals surface area contributed by atoms with Crippen LogP contribution in [-0.2, 0) is 0 Å². The van der Waals surface area contributed by atoms with Crippen molar-refractivity contribution in [2.45, 2.75) is 25.4 Å². The predicted octanol–water partition coefficient (Wildman–Crippen LogP) is 3.58. The monoisotopic (exact) mass is 322 g/mol. The first-order valence-electron chi connectivity index (χ1n) is 5.26. The topological polar surface area (TPSA) is 29.3 Å². The van der Waals surface area contributed by atoms with E-state index < -0.39 is 11.9 Å². The zero-order chi connectivity index (χ0) is 13.4. The molecule has 1 rings (SSSR count). The number of rotatable bonds is 3. The predicted molar refractivity (Wildman–Crippen MR) is 73.8 cm³/mol. The number of halogens is 3. The number of hydrogen-bond donors (Lipinski definition) is 1. The van der Waals surface area contributed by atoms with E-state index in [0.717, 1.165) is 0 Å². The van der Waals surface area contributed by atoms with Crippen molar-refractivity contribution in [3.05, 3.63) is 33.0 Å². The molecule has 0 aliphatic heterocycles. The van der Waals surface area contributed by atoms with Gasteiger partial charge in [-0.1, -0.05) is 17.7 Å². The fourth-order valence-electron chi connectivity index (χ4n) is 1.44. The first-order valence-corrected chi connectivity index (χ1v) is 6.43. The Labute approximate surface area is 115 Å². The van der Waals surface area contributed by atoms with Gasteiger partial charge in [-0.2, -0.15) is 0 Å². The van der Waals surface area contributed by atoms with Crippen molar-refractivity contribution >= 4 is 27.5 Å². The van der Waals surface area contributed by atoms with Gasteiger partial charge in [-0.25, -0.2) is 4.39 Å². The molecular weight excluding hydrogens is 307 g/mol. The zero-order valence-electron chi connectivity index (χ0n) is 10.4. The molecule has 0 saturated heterocycles. The molecule has 0 heterocycles. The Hall–Kier alpha value is -0.160. The van der Waals surface area contributed by atoms with Crippen molar-refractivity contribution in [2.24, 2.45) is 5.73 Å². The van der Waals surface area contributed by atoms with Gasteiger partial charge in [0.25, 0.3) is 0 Å². The number of likely N-dealkylation sites (N-methyl/N-ethyl adjacent to an activating group) is 1. The maximum Gasteiger partial charge on any atom is 0.147 e. The molecule has 1 aromatic carbocycles. The lowest BCUT2D eigenvalue weighted by Crippen LogP contribution is -2.47. The summed E-state index contributed by atoms with van der Waals surface area (Å²) in [7, 11) is 3.83. The molecule has 0 spiro atoms. The summed E-state index contributed by atoms with van der Waals surface area (Å²) in [5.41, 5.74) is 6.20. The quantitative estimate of drug-likeness (QED) is 0.862. The molecule has 5 heteroatoms. The van der Waals surface area contributed by atoms with Crippen LogP contribution < -0.4 is 5.73 Å². The van der Waals surface area contributed by atoms with Crippen LogP contribution in [0.1, 0.15) is 25.5 Å². The van der Waals surface area contributed by atoms with Gasteiger partial charge in [-0.15, -0.1) is 0 Å². The highest BCUT2D eigenvalue weighted by atomic mass is 79.9. The van der Waals surface area contributed by atoms with E-state index in [2.05, 4.69) is 15.9 Å². The van der Waals surface area contributed by atoms with Crippen molar-refractivity contribution < 1.29 is 4.39 Å². The fraction of sp³-hybridized carbons (Fsp3) is 0.500. The summed E-state index contributed by atoms with van der Waals surface area (Å²) in [6.07, 6.45) is 0. The Morgan fingerprint density at radius 2 is 1.94 bits per heavy atom. The Kier molecular flexibility index (Phi) is 4.58. The largest absolute Gasteiger partial charge is 0.322 e. The number of nitrogens with zero attached hydrogens (tertiary/aromatic N) is 1. The summed E-state index contributed by atoms with van der Waals surface area (Å²) < 4.78 is 14.6. The molecule has 0 aliphatic rings. The van der Waals surface area contributed by atoms with E-state index >= 15 is 0 Å².